The lowest BCUT2D eigenvalue weighted by molar-refractivity contribution is -0.136. The van der Waals surface area contributed by atoms with Gasteiger partial charge in [0.2, 0.25) is 5.91 Å². The summed E-state index contributed by atoms with van der Waals surface area (Å²) >= 11 is 0. The summed E-state index contributed by atoms with van der Waals surface area (Å²) in [7, 11) is 0. The Kier molecular flexibility index (Phi) is 5.20. The maximum absolute atomic E-state index is 12.4. The van der Waals surface area contributed by atoms with Crippen LogP contribution in [0.15, 0.2) is 23.0 Å². The van der Waals surface area contributed by atoms with Gasteiger partial charge in [-0.1, -0.05) is 6.07 Å². The highest BCUT2D eigenvalue weighted by atomic mass is 16.5. The molecule has 1 aromatic carbocycles. The van der Waals surface area contributed by atoms with E-state index in [0.717, 1.165) is 27.7 Å². The molecule has 0 bridgehead atoms. The minimum Gasteiger partial charge on any atom is -0.373 e. The van der Waals surface area contributed by atoms with Gasteiger partial charge >= 0.3 is 0 Å². The molecular formula is C19H25N3O3. The van der Waals surface area contributed by atoms with E-state index in [9.17, 15) is 9.59 Å². The Balaban J connectivity index is 1.66. The molecule has 134 valence electrons. The normalized spacial score (nSPS) is 17.9. The largest absolute Gasteiger partial charge is 0.373 e. The summed E-state index contributed by atoms with van der Waals surface area (Å²) in [4.78, 5) is 29.0. The Bertz CT molecular complexity index is 844. The molecule has 25 heavy (non-hydrogen) atoms. The Morgan fingerprint density at radius 3 is 2.92 bits per heavy atom. The molecule has 6 heteroatoms. The molecule has 2 aromatic rings. The van der Waals surface area contributed by atoms with Gasteiger partial charge in [0.1, 0.15) is 0 Å². The lowest BCUT2D eigenvalue weighted by Gasteiger charge is -2.32. The van der Waals surface area contributed by atoms with E-state index in [2.05, 4.69) is 16.4 Å². The predicted molar refractivity (Wildman–Crippen MR) is 97.7 cm³/mol. The summed E-state index contributed by atoms with van der Waals surface area (Å²) in [6, 6.07) is 5.64. The number of aryl methyl sites for hydroxylation is 2. The maximum atomic E-state index is 12.4. The van der Waals surface area contributed by atoms with Crippen LogP contribution in [0.3, 0.4) is 0 Å². The van der Waals surface area contributed by atoms with Crippen molar-refractivity contribution < 1.29 is 9.53 Å². The van der Waals surface area contributed by atoms with Crippen molar-refractivity contribution in [3.8, 4) is 0 Å². The quantitative estimate of drug-likeness (QED) is 0.882. The van der Waals surface area contributed by atoms with Crippen molar-refractivity contribution in [3.63, 3.8) is 0 Å². The highest BCUT2D eigenvalue weighted by Gasteiger charge is 2.21. The number of fused-ring (bicyclic) bond motifs is 1. The molecule has 0 unspecified atom stereocenters. The van der Waals surface area contributed by atoms with Gasteiger partial charge < -0.3 is 19.9 Å². The second-order valence-electron chi connectivity index (χ2n) is 6.75. The minimum absolute atomic E-state index is 0.0192. The summed E-state index contributed by atoms with van der Waals surface area (Å²) in [6.07, 6.45) is -0.0192. The fourth-order valence-corrected chi connectivity index (χ4v) is 3.35. The van der Waals surface area contributed by atoms with Gasteiger partial charge in [0.05, 0.1) is 18.2 Å². The number of nitrogens with one attached hydrogen (secondary N) is 2. The first-order chi connectivity index (χ1) is 11.9. The highest BCUT2D eigenvalue weighted by Crippen LogP contribution is 2.16. The van der Waals surface area contributed by atoms with Gasteiger partial charge in [-0.3, -0.25) is 9.59 Å². The Morgan fingerprint density at radius 2 is 2.16 bits per heavy atom. The van der Waals surface area contributed by atoms with Crippen molar-refractivity contribution in [1.29, 1.82) is 0 Å². The standard InChI is InChI=1S/C19H25N3O3/c1-12-6-13(2)19-17(7-12)18(24)8-15(21-19)9-20-10-16-11-22(14(3)23)4-5-25-16/h6-8,16,20H,4-5,9-11H2,1-3H3,(H,21,24)/t16-/m0/s1. The van der Waals surface area contributed by atoms with Crippen molar-refractivity contribution in [3.05, 3.63) is 45.2 Å². The number of carbonyl (C=O) groups excluding carboxylic acids is 1. The van der Waals surface area contributed by atoms with Crippen molar-refractivity contribution in [1.82, 2.24) is 15.2 Å². The average Bonchev–Trinajstić information content (AvgIpc) is 2.56. The van der Waals surface area contributed by atoms with Crippen LogP contribution in [0.25, 0.3) is 10.9 Å². The van der Waals surface area contributed by atoms with E-state index < -0.39 is 0 Å². The Hall–Kier alpha value is -2.18. The zero-order chi connectivity index (χ0) is 18.0. The van der Waals surface area contributed by atoms with E-state index in [1.165, 1.54) is 0 Å². The molecular weight excluding hydrogens is 318 g/mol. The SMILES string of the molecule is CC(=O)N1CCO[C@@H](CNCc2cc(=O)c3cc(C)cc(C)c3[nH]2)C1. The molecule has 6 nitrogen and oxygen atoms in total. The number of benzene rings is 1. The zero-order valence-electron chi connectivity index (χ0n) is 15.0. The number of nitrogens with zero attached hydrogens (tertiary/aromatic N) is 1. The predicted octanol–water partition coefficient (Wildman–Crippen LogP) is 1.48. The number of amides is 1. The number of morpholine rings is 1. The van der Waals surface area contributed by atoms with Crippen LogP contribution in [0.5, 0.6) is 0 Å². The van der Waals surface area contributed by atoms with Gasteiger partial charge in [-0.15, -0.1) is 0 Å². The molecule has 1 aliphatic heterocycles. The number of aromatic amines is 1. The van der Waals surface area contributed by atoms with Gasteiger partial charge in [-0.25, -0.2) is 0 Å². The number of hydrogen-bond acceptors (Lipinski definition) is 4. The van der Waals surface area contributed by atoms with Crippen LogP contribution in [-0.4, -0.2) is 48.1 Å². The van der Waals surface area contributed by atoms with Crippen LogP contribution < -0.4 is 10.7 Å². The molecule has 2 heterocycles. The number of hydrogen-bond donors (Lipinski definition) is 2. The molecule has 0 spiro atoms. The highest BCUT2D eigenvalue weighted by molar-refractivity contribution is 5.82. The summed E-state index contributed by atoms with van der Waals surface area (Å²) in [5, 5.41) is 4.05. The van der Waals surface area contributed by atoms with Gasteiger partial charge in [0.15, 0.2) is 5.43 Å². The first kappa shape index (κ1) is 17.6. The van der Waals surface area contributed by atoms with Crippen LogP contribution in [0.2, 0.25) is 0 Å². The number of ether oxygens (including phenoxy) is 1. The van der Waals surface area contributed by atoms with E-state index in [0.29, 0.717) is 32.8 Å². The van der Waals surface area contributed by atoms with E-state index in [-0.39, 0.29) is 17.4 Å². The van der Waals surface area contributed by atoms with E-state index in [1.54, 1.807) is 17.9 Å². The summed E-state index contributed by atoms with van der Waals surface area (Å²) < 4.78 is 5.69. The summed E-state index contributed by atoms with van der Waals surface area (Å²) in [6.45, 7) is 8.61. The van der Waals surface area contributed by atoms with Crippen LogP contribution in [0.1, 0.15) is 23.7 Å². The minimum atomic E-state index is -0.0192. The molecule has 0 radical (unpaired) electrons. The molecule has 0 aliphatic carbocycles. The Labute approximate surface area is 147 Å². The molecule has 1 amide bonds. The molecule has 1 atom stereocenters. The zero-order valence-corrected chi connectivity index (χ0v) is 15.0. The molecule has 1 fully saturated rings. The monoisotopic (exact) mass is 343 g/mol. The van der Waals surface area contributed by atoms with Gasteiger partial charge in [-0.2, -0.15) is 0 Å². The van der Waals surface area contributed by atoms with E-state index >= 15 is 0 Å². The van der Waals surface area contributed by atoms with Gasteiger partial charge in [-0.05, 0) is 31.0 Å². The molecule has 1 aromatic heterocycles. The summed E-state index contributed by atoms with van der Waals surface area (Å²) in [5.74, 6) is 0.0814. The number of rotatable bonds is 4. The third kappa shape index (κ3) is 4.08. The molecule has 1 aliphatic rings. The smallest absolute Gasteiger partial charge is 0.219 e. The number of H-pyrrole nitrogens is 1. The lowest BCUT2D eigenvalue weighted by atomic mass is 10.1. The second-order valence-corrected chi connectivity index (χ2v) is 6.75. The van der Waals surface area contributed by atoms with Crippen LogP contribution >= 0.6 is 0 Å². The maximum Gasteiger partial charge on any atom is 0.219 e. The van der Waals surface area contributed by atoms with Crippen LogP contribution in [0.4, 0.5) is 0 Å². The van der Waals surface area contributed by atoms with Crippen molar-refractivity contribution in [2.45, 2.75) is 33.4 Å². The first-order valence-electron chi connectivity index (χ1n) is 8.65. The fraction of sp³-hybridized carbons (Fsp3) is 0.474. The molecule has 2 N–H and O–H groups in total. The van der Waals surface area contributed by atoms with E-state index in [1.807, 2.05) is 19.9 Å². The topological polar surface area (TPSA) is 74.4 Å². The van der Waals surface area contributed by atoms with Crippen molar-refractivity contribution in [2.75, 3.05) is 26.2 Å². The summed E-state index contributed by atoms with van der Waals surface area (Å²) in [5.41, 5.74) is 3.94. The third-order valence-electron chi connectivity index (χ3n) is 4.61. The van der Waals surface area contributed by atoms with Crippen LogP contribution in [-0.2, 0) is 16.1 Å². The fourth-order valence-electron chi connectivity index (χ4n) is 3.35. The Morgan fingerprint density at radius 1 is 1.36 bits per heavy atom. The van der Waals surface area contributed by atoms with Crippen LogP contribution in [0, 0.1) is 13.8 Å². The van der Waals surface area contributed by atoms with Crippen molar-refractivity contribution in [2.24, 2.45) is 0 Å². The van der Waals surface area contributed by atoms with Crippen molar-refractivity contribution >= 4 is 16.8 Å². The van der Waals surface area contributed by atoms with Gasteiger partial charge in [0.25, 0.3) is 0 Å². The first-order valence-corrected chi connectivity index (χ1v) is 8.65. The molecule has 1 saturated heterocycles. The average molecular weight is 343 g/mol. The molecule has 0 saturated carbocycles. The lowest BCUT2D eigenvalue weighted by Crippen LogP contribution is -2.48. The second kappa shape index (κ2) is 7.37. The third-order valence-corrected chi connectivity index (χ3v) is 4.61. The van der Waals surface area contributed by atoms with Gasteiger partial charge in [0, 0.05) is 50.2 Å². The number of aromatic nitrogens is 1. The number of pyridine rings is 1. The van der Waals surface area contributed by atoms with E-state index in [4.69, 9.17) is 4.74 Å². The molecule has 3 rings (SSSR count). The number of carbonyl (C=O) groups is 1.